The van der Waals surface area contributed by atoms with Crippen molar-refractivity contribution < 1.29 is 14.3 Å². The zero-order valence-corrected chi connectivity index (χ0v) is 17.4. The number of nitrogens with one attached hydrogen (secondary N) is 1. The fourth-order valence-electron chi connectivity index (χ4n) is 6.79. The maximum Gasteiger partial charge on any atom is 0.253 e. The van der Waals surface area contributed by atoms with Crippen LogP contribution >= 0.6 is 0 Å². The van der Waals surface area contributed by atoms with Crippen molar-refractivity contribution in [1.82, 2.24) is 15.2 Å². The number of carbonyl (C=O) groups is 1. The number of ether oxygens (including phenoxy) is 2. The molecule has 1 saturated heterocycles. The minimum Gasteiger partial charge on any atom is -0.493 e. The van der Waals surface area contributed by atoms with E-state index in [-0.39, 0.29) is 23.5 Å². The van der Waals surface area contributed by atoms with Crippen LogP contribution in [0.3, 0.4) is 0 Å². The Balaban J connectivity index is 1.43. The SMILES string of the molecule is COc1ccc2c3c1OC1C(NC(=O)c4cccnc4)CCC4C(C2)N(C)CCC341. The summed E-state index contributed by atoms with van der Waals surface area (Å²) in [6.07, 6.45) is 7.41. The van der Waals surface area contributed by atoms with E-state index in [1.54, 1.807) is 25.6 Å². The quantitative estimate of drug-likeness (QED) is 0.850. The molecule has 1 spiro atoms. The summed E-state index contributed by atoms with van der Waals surface area (Å²) < 4.78 is 12.4. The lowest BCUT2D eigenvalue weighted by Crippen LogP contribution is -2.68. The number of rotatable bonds is 3. The van der Waals surface area contributed by atoms with Crippen molar-refractivity contribution in [3.8, 4) is 11.5 Å². The van der Waals surface area contributed by atoms with Crippen LogP contribution in [0.15, 0.2) is 36.7 Å². The number of carbonyl (C=O) groups excluding carboxylic acids is 1. The average Bonchev–Trinajstić information content (AvgIpc) is 3.13. The van der Waals surface area contributed by atoms with E-state index in [2.05, 4.69) is 28.3 Å². The first kappa shape index (κ1) is 18.2. The Morgan fingerprint density at radius 2 is 2.23 bits per heavy atom. The second-order valence-corrected chi connectivity index (χ2v) is 9.22. The van der Waals surface area contributed by atoms with Crippen LogP contribution in [0.2, 0.25) is 0 Å². The molecular weight excluding hydrogens is 378 g/mol. The number of likely N-dealkylation sites (tertiary alicyclic amines) is 1. The van der Waals surface area contributed by atoms with Gasteiger partial charge >= 0.3 is 0 Å². The molecule has 1 N–H and O–H groups in total. The van der Waals surface area contributed by atoms with Crippen LogP contribution in [0.1, 0.15) is 40.7 Å². The van der Waals surface area contributed by atoms with Crippen LogP contribution in [0.4, 0.5) is 0 Å². The molecule has 5 atom stereocenters. The number of hydrogen-bond acceptors (Lipinski definition) is 5. The summed E-state index contributed by atoms with van der Waals surface area (Å²) in [7, 11) is 3.97. The maximum atomic E-state index is 12.9. The number of nitrogens with zero attached hydrogens (tertiary/aromatic N) is 2. The predicted octanol–water partition coefficient (Wildman–Crippen LogP) is 2.56. The molecule has 2 aromatic rings. The standard InChI is InChI=1S/C24H27N3O3/c1-27-11-9-24-16-6-7-17(26-23(28)15-4-3-10-25-13-15)22(24)30-21-19(29-2)8-5-14(20(21)24)12-18(16)27/h3-5,8,10,13,16-18,22H,6-7,9,11-12H2,1-2H3,(H,26,28). The highest BCUT2D eigenvalue weighted by molar-refractivity contribution is 5.94. The zero-order chi connectivity index (χ0) is 20.5. The Bertz CT molecular complexity index is 1010. The van der Waals surface area contributed by atoms with Gasteiger partial charge in [0.1, 0.15) is 6.10 Å². The van der Waals surface area contributed by atoms with Gasteiger partial charge in [-0.25, -0.2) is 0 Å². The second-order valence-electron chi connectivity index (χ2n) is 9.22. The van der Waals surface area contributed by atoms with E-state index in [1.165, 1.54) is 11.1 Å². The summed E-state index contributed by atoms with van der Waals surface area (Å²) in [5, 5.41) is 3.29. The van der Waals surface area contributed by atoms with Crippen LogP contribution in [-0.4, -0.2) is 54.7 Å². The lowest BCUT2D eigenvalue weighted by Gasteiger charge is -2.59. The molecule has 2 bridgehead atoms. The van der Waals surface area contributed by atoms with Gasteiger partial charge in [-0.2, -0.15) is 0 Å². The molecule has 2 aliphatic carbocycles. The van der Waals surface area contributed by atoms with E-state index < -0.39 is 0 Å². The highest BCUT2D eigenvalue weighted by atomic mass is 16.5. The van der Waals surface area contributed by atoms with Gasteiger partial charge in [0, 0.05) is 29.4 Å². The molecule has 4 aliphatic rings. The number of methoxy groups -OCH3 is 1. The molecule has 2 fully saturated rings. The number of pyridine rings is 1. The predicted molar refractivity (Wildman–Crippen MR) is 112 cm³/mol. The molecule has 2 aliphatic heterocycles. The van der Waals surface area contributed by atoms with E-state index in [4.69, 9.17) is 9.47 Å². The molecule has 3 heterocycles. The minimum absolute atomic E-state index is 0.0268. The lowest BCUT2D eigenvalue weighted by molar-refractivity contribution is -0.0558. The molecule has 30 heavy (non-hydrogen) atoms. The largest absolute Gasteiger partial charge is 0.493 e. The fourth-order valence-corrected chi connectivity index (χ4v) is 6.79. The highest BCUT2D eigenvalue weighted by Crippen LogP contribution is 2.63. The van der Waals surface area contributed by atoms with Gasteiger partial charge in [-0.1, -0.05) is 6.07 Å². The van der Waals surface area contributed by atoms with Crippen LogP contribution < -0.4 is 14.8 Å². The van der Waals surface area contributed by atoms with Crippen molar-refractivity contribution in [2.75, 3.05) is 20.7 Å². The average molecular weight is 405 g/mol. The van der Waals surface area contributed by atoms with Gasteiger partial charge in [0.15, 0.2) is 11.5 Å². The summed E-state index contributed by atoms with van der Waals surface area (Å²) in [4.78, 5) is 19.6. The van der Waals surface area contributed by atoms with E-state index in [0.29, 0.717) is 17.5 Å². The van der Waals surface area contributed by atoms with Crippen LogP contribution in [0.5, 0.6) is 11.5 Å². The van der Waals surface area contributed by atoms with Crippen molar-refractivity contribution in [1.29, 1.82) is 0 Å². The van der Waals surface area contributed by atoms with E-state index in [1.807, 2.05) is 12.1 Å². The van der Waals surface area contributed by atoms with Crippen molar-refractivity contribution in [3.05, 3.63) is 53.3 Å². The summed E-state index contributed by atoms with van der Waals surface area (Å²) in [6, 6.07) is 8.39. The molecule has 0 radical (unpaired) electrons. The van der Waals surface area contributed by atoms with Crippen LogP contribution in [-0.2, 0) is 11.8 Å². The van der Waals surface area contributed by atoms with E-state index >= 15 is 0 Å². The number of benzene rings is 1. The van der Waals surface area contributed by atoms with Gasteiger partial charge in [-0.05, 0) is 69.0 Å². The zero-order valence-electron chi connectivity index (χ0n) is 17.4. The molecule has 6 rings (SSSR count). The van der Waals surface area contributed by atoms with Crippen molar-refractivity contribution >= 4 is 5.91 Å². The van der Waals surface area contributed by atoms with Crippen molar-refractivity contribution in [3.63, 3.8) is 0 Å². The smallest absolute Gasteiger partial charge is 0.253 e. The topological polar surface area (TPSA) is 63.7 Å². The molecule has 6 heteroatoms. The van der Waals surface area contributed by atoms with Gasteiger partial charge in [-0.15, -0.1) is 0 Å². The summed E-state index contributed by atoms with van der Waals surface area (Å²) in [5.41, 5.74) is 3.30. The Kier molecular flexibility index (Phi) is 3.91. The third-order valence-corrected chi connectivity index (χ3v) is 8.04. The first-order chi connectivity index (χ1) is 14.6. The lowest BCUT2D eigenvalue weighted by atomic mass is 9.51. The minimum atomic E-state index is -0.0741. The molecule has 156 valence electrons. The molecular formula is C24H27N3O3. The van der Waals surface area contributed by atoms with Crippen molar-refractivity contribution in [2.24, 2.45) is 5.92 Å². The van der Waals surface area contributed by atoms with E-state index in [9.17, 15) is 4.79 Å². The van der Waals surface area contributed by atoms with Crippen LogP contribution in [0, 0.1) is 5.92 Å². The summed E-state index contributed by atoms with van der Waals surface area (Å²) in [5.74, 6) is 2.20. The Labute approximate surface area is 176 Å². The van der Waals surface area contributed by atoms with Gasteiger partial charge < -0.3 is 19.7 Å². The molecule has 6 nitrogen and oxygen atoms in total. The first-order valence-electron chi connectivity index (χ1n) is 10.9. The Morgan fingerprint density at radius 1 is 1.33 bits per heavy atom. The van der Waals surface area contributed by atoms with Gasteiger partial charge in [0.2, 0.25) is 0 Å². The molecule has 5 unspecified atom stereocenters. The van der Waals surface area contributed by atoms with E-state index in [0.717, 1.165) is 43.7 Å². The number of amides is 1. The Morgan fingerprint density at radius 3 is 3.03 bits per heavy atom. The molecule has 1 amide bonds. The molecule has 1 aromatic heterocycles. The summed E-state index contributed by atoms with van der Waals surface area (Å²) >= 11 is 0. The van der Waals surface area contributed by atoms with Crippen LogP contribution in [0.25, 0.3) is 0 Å². The third kappa shape index (κ3) is 2.28. The molecule has 1 aromatic carbocycles. The van der Waals surface area contributed by atoms with Gasteiger partial charge in [0.05, 0.1) is 18.7 Å². The number of likely N-dealkylation sites (N-methyl/N-ethyl adjacent to an activating group) is 1. The van der Waals surface area contributed by atoms with Gasteiger partial charge in [0.25, 0.3) is 5.91 Å². The third-order valence-electron chi connectivity index (χ3n) is 8.04. The highest BCUT2D eigenvalue weighted by Gasteiger charge is 2.65. The fraction of sp³-hybridized carbons (Fsp3) is 0.500. The molecule has 1 saturated carbocycles. The monoisotopic (exact) mass is 405 g/mol. The second kappa shape index (κ2) is 6.45. The maximum absolute atomic E-state index is 12.9. The van der Waals surface area contributed by atoms with Crippen molar-refractivity contribution in [2.45, 2.75) is 49.3 Å². The number of piperidine rings is 1. The number of aromatic nitrogens is 1. The number of hydrogen-bond donors (Lipinski definition) is 1. The normalized spacial score (nSPS) is 33.4. The summed E-state index contributed by atoms with van der Waals surface area (Å²) in [6.45, 7) is 1.06. The first-order valence-corrected chi connectivity index (χ1v) is 10.9. The van der Waals surface area contributed by atoms with Gasteiger partial charge in [-0.3, -0.25) is 9.78 Å². The Hall–Kier alpha value is -2.60.